The number of methoxy groups -OCH3 is 1. The Balaban J connectivity index is 3.12. The van der Waals surface area contributed by atoms with Crippen molar-refractivity contribution in [3.63, 3.8) is 0 Å². The molecule has 1 nitrogen and oxygen atoms in total. The van der Waals surface area contributed by atoms with E-state index in [2.05, 4.69) is 6.58 Å². The molecule has 0 saturated heterocycles. The molecule has 16 heavy (non-hydrogen) atoms. The van der Waals surface area contributed by atoms with Gasteiger partial charge >= 0.3 is 0 Å². The lowest BCUT2D eigenvalue weighted by molar-refractivity contribution is 0.144. The van der Waals surface area contributed by atoms with Crippen LogP contribution in [-0.2, 0) is 10.2 Å². The first kappa shape index (κ1) is 12.9. The lowest BCUT2D eigenvalue weighted by Crippen LogP contribution is -2.25. The molecule has 0 atom stereocenters. The van der Waals surface area contributed by atoms with Gasteiger partial charge in [0.15, 0.2) is 0 Å². The van der Waals surface area contributed by atoms with Crippen LogP contribution in [0.25, 0.3) is 5.57 Å². The molecule has 0 radical (unpaired) electrons. The van der Waals surface area contributed by atoms with Crippen LogP contribution in [0.5, 0.6) is 0 Å². The van der Waals surface area contributed by atoms with Gasteiger partial charge in [-0.2, -0.15) is 0 Å². The minimum Gasteiger partial charge on any atom is -0.384 e. The first-order valence-electron chi connectivity index (χ1n) is 5.33. The van der Waals surface area contributed by atoms with Crippen molar-refractivity contribution in [1.82, 2.24) is 0 Å². The van der Waals surface area contributed by atoms with Crippen LogP contribution in [0.3, 0.4) is 0 Å². The predicted molar refractivity (Wildman–Crippen MR) is 66.0 cm³/mol. The Bertz CT molecular complexity index is 394. The van der Waals surface area contributed by atoms with Gasteiger partial charge in [-0.3, -0.25) is 0 Å². The maximum Gasteiger partial charge on any atom is 0.127 e. The summed E-state index contributed by atoms with van der Waals surface area (Å²) in [5.74, 6) is -0.192. The fourth-order valence-corrected chi connectivity index (χ4v) is 1.77. The summed E-state index contributed by atoms with van der Waals surface area (Å²) < 4.78 is 19.0. The van der Waals surface area contributed by atoms with Gasteiger partial charge in [-0.25, -0.2) is 4.39 Å². The van der Waals surface area contributed by atoms with Crippen LogP contribution in [-0.4, -0.2) is 13.7 Å². The maximum absolute atomic E-state index is 13.9. The normalized spacial score (nSPS) is 11.6. The molecule has 0 aliphatic rings. The molecule has 0 unspecified atom stereocenters. The van der Waals surface area contributed by atoms with Crippen LogP contribution in [0.1, 0.15) is 31.9 Å². The molecule has 0 saturated carbocycles. The molecule has 1 rings (SSSR count). The molecular weight excluding hydrogens is 203 g/mol. The van der Waals surface area contributed by atoms with Gasteiger partial charge in [0.05, 0.1) is 6.61 Å². The Kier molecular flexibility index (Phi) is 3.87. The Morgan fingerprint density at radius 2 is 2.06 bits per heavy atom. The highest BCUT2D eigenvalue weighted by molar-refractivity contribution is 5.61. The first-order chi connectivity index (χ1) is 7.38. The van der Waals surface area contributed by atoms with E-state index in [4.69, 9.17) is 4.74 Å². The van der Waals surface area contributed by atoms with Crippen LogP contribution in [0.4, 0.5) is 4.39 Å². The molecule has 0 N–H and O–H groups in total. The average molecular weight is 222 g/mol. The summed E-state index contributed by atoms with van der Waals surface area (Å²) in [5.41, 5.74) is 2.08. The van der Waals surface area contributed by atoms with Crippen LogP contribution in [0.15, 0.2) is 24.8 Å². The molecule has 0 aromatic heterocycles. The van der Waals surface area contributed by atoms with E-state index in [1.54, 1.807) is 7.11 Å². The van der Waals surface area contributed by atoms with Crippen molar-refractivity contribution in [2.75, 3.05) is 13.7 Å². The molecule has 0 heterocycles. The van der Waals surface area contributed by atoms with Gasteiger partial charge in [0.25, 0.3) is 0 Å². The summed E-state index contributed by atoms with van der Waals surface area (Å²) in [4.78, 5) is 0. The van der Waals surface area contributed by atoms with Crippen molar-refractivity contribution in [1.29, 1.82) is 0 Å². The third kappa shape index (κ3) is 2.70. The quantitative estimate of drug-likeness (QED) is 0.753. The molecule has 2 heteroatoms. The number of benzene rings is 1. The van der Waals surface area contributed by atoms with Gasteiger partial charge in [0, 0.05) is 12.5 Å². The zero-order valence-corrected chi connectivity index (χ0v) is 10.4. The number of halogens is 1. The fraction of sp³-hybridized carbons (Fsp3) is 0.429. The second kappa shape index (κ2) is 4.79. The minimum atomic E-state index is -0.313. The largest absolute Gasteiger partial charge is 0.384 e. The van der Waals surface area contributed by atoms with Gasteiger partial charge < -0.3 is 4.74 Å². The zero-order chi connectivity index (χ0) is 12.3. The summed E-state index contributed by atoms with van der Waals surface area (Å²) in [6.45, 7) is 10.1. The SMILES string of the molecule is C=C(C)c1ccc(C(C)(C)COC)c(F)c1. The van der Waals surface area contributed by atoms with Gasteiger partial charge in [-0.05, 0) is 24.1 Å². The van der Waals surface area contributed by atoms with E-state index in [1.165, 1.54) is 6.07 Å². The van der Waals surface area contributed by atoms with E-state index in [-0.39, 0.29) is 11.2 Å². The molecule has 0 bridgehead atoms. The van der Waals surface area contributed by atoms with Crippen LogP contribution in [0, 0.1) is 5.82 Å². The van der Waals surface area contributed by atoms with Crippen molar-refractivity contribution in [3.8, 4) is 0 Å². The Morgan fingerprint density at radius 3 is 2.50 bits per heavy atom. The lowest BCUT2D eigenvalue weighted by atomic mass is 9.84. The number of allylic oxidation sites excluding steroid dienone is 1. The van der Waals surface area contributed by atoms with Gasteiger partial charge in [-0.1, -0.05) is 38.1 Å². The Labute approximate surface area is 96.9 Å². The molecule has 0 spiro atoms. The van der Waals surface area contributed by atoms with Crippen LogP contribution >= 0.6 is 0 Å². The van der Waals surface area contributed by atoms with E-state index in [0.29, 0.717) is 12.2 Å². The van der Waals surface area contributed by atoms with Crippen molar-refractivity contribution < 1.29 is 9.13 Å². The average Bonchev–Trinajstić information content (AvgIpc) is 2.16. The summed E-state index contributed by atoms with van der Waals surface area (Å²) in [6.07, 6.45) is 0. The van der Waals surface area contributed by atoms with Crippen LogP contribution < -0.4 is 0 Å². The Morgan fingerprint density at radius 1 is 1.44 bits per heavy atom. The van der Waals surface area contributed by atoms with Crippen molar-refractivity contribution >= 4 is 5.57 Å². The van der Waals surface area contributed by atoms with Gasteiger partial charge in [-0.15, -0.1) is 0 Å². The van der Waals surface area contributed by atoms with E-state index >= 15 is 0 Å². The summed E-state index contributed by atoms with van der Waals surface area (Å²) in [7, 11) is 1.63. The third-order valence-electron chi connectivity index (χ3n) is 2.70. The van der Waals surface area contributed by atoms with E-state index < -0.39 is 0 Å². The molecule has 0 fully saturated rings. The predicted octanol–water partition coefficient (Wildman–Crippen LogP) is 3.78. The van der Waals surface area contributed by atoms with Gasteiger partial charge in [0.2, 0.25) is 0 Å². The summed E-state index contributed by atoms with van der Waals surface area (Å²) >= 11 is 0. The first-order valence-corrected chi connectivity index (χ1v) is 5.33. The smallest absolute Gasteiger partial charge is 0.127 e. The number of hydrogen-bond donors (Lipinski definition) is 0. The Hall–Kier alpha value is -1.15. The molecule has 1 aromatic carbocycles. The second-order valence-corrected chi connectivity index (χ2v) is 4.79. The van der Waals surface area contributed by atoms with E-state index in [1.807, 2.05) is 32.9 Å². The second-order valence-electron chi connectivity index (χ2n) is 4.79. The number of ether oxygens (including phenoxy) is 1. The maximum atomic E-state index is 13.9. The molecule has 1 aromatic rings. The van der Waals surface area contributed by atoms with Crippen molar-refractivity contribution in [3.05, 3.63) is 41.7 Å². The van der Waals surface area contributed by atoms with Crippen molar-refractivity contribution in [2.24, 2.45) is 0 Å². The monoisotopic (exact) mass is 222 g/mol. The van der Waals surface area contributed by atoms with Gasteiger partial charge in [0.1, 0.15) is 5.82 Å². The zero-order valence-electron chi connectivity index (χ0n) is 10.4. The molecule has 0 aliphatic heterocycles. The highest BCUT2D eigenvalue weighted by atomic mass is 19.1. The topological polar surface area (TPSA) is 9.23 Å². The van der Waals surface area contributed by atoms with E-state index in [9.17, 15) is 4.39 Å². The highest BCUT2D eigenvalue weighted by Gasteiger charge is 2.24. The van der Waals surface area contributed by atoms with Crippen molar-refractivity contribution in [2.45, 2.75) is 26.2 Å². The standard InChI is InChI=1S/C14H19FO/c1-10(2)11-6-7-12(13(15)8-11)14(3,4)9-16-5/h6-8H,1,9H2,2-5H3. The number of hydrogen-bond acceptors (Lipinski definition) is 1. The molecular formula is C14H19FO. The van der Waals surface area contributed by atoms with Crippen LogP contribution in [0.2, 0.25) is 0 Å². The van der Waals surface area contributed by atoms with E-state index in [0.717, 1.165) is 11.1 Å². The fourth-order valence-electron chi connectivity index (χ4n) is 1.77. The minimum absolute atomic E-state index is 0.192. The molecule has 88 valence electrons. The molecule has 0 amide bonds. The lowest BCUT2D eigenvalue weighted by Gasteiger charge is -2.25. The molecule has 0 aliphatic carbocycles. The summed E-state index contributed by atoms with van der Waals surface area (Å²) in [5, 5.41) is 0. The summed E-state index contributed by atoms with van der Waals surface area (Å²) in [6, 6.07) is 5.26. The number of rotatable bonds is 4. The highest BCUT2D eigenvalue weighted by Crippen LogP contribution is 2.27. The third-order valence-corrected chi connectivity index (χ3v) is 2.70.